The first-order valence-corrected chi connectivity index (χ1v) is 11.6. The van der Waals surface area contributed by atoms with Crippen molar-refractivity contribution in [3.63, 3.8) is 0 Å². The third-order valence-corrected chi connectivity index (χ3v) is 6.32. The van der Waals surface area contributed by atoms with Gasteiger partial charge in [-0.1, -0.05) is 50.2 Å². The van der Waals surface area contributed by atoms with Crippen LogP contribution in [0.15, 0.2) is 48.5 Å². The Morgan fingerprint density at radius 2 is 1.88 bits per heavy atom. The van der Waals surface area contributed by atoms with E-state index < -0.39 is 0 Å². The Balaban J connectivity index is 1.81. The van der Waals surface area contributed by atoms with Gasteiger partial charge in [0.05, 0.1) is 4.92 Å². The predicted molar refractivity (Wildman–Crippen MR) is 129 cm³/mol. The van der Waals surface area contributed by atoms with Crippen LogP contribution in [0.1, 0.15) is 36.5 Å². The molecule has 0 radical (unpaired) electrons. The van der Waals surface area contributed by atoms with E-state index in [1.807, 2.05) is 17.0 Å². The zero-order valence-electron chi connectivity index (χ0n) is 20.1. The molecule has 1 heterocycles. The maximum absolute atomic E-state index is 12.8. The van der Waals surface area contributed by atoms with Gasteiger partial charge in [-0.2, -0.15) is 0 Å². The molecule has 0 bridgehead atoms. The van der Waals surface area contributed by atoms with Gasteiger partial charge in [0.15, 0.2) is 0 Å². The Morgan fingerprint density at radius 1 is 1.18 bits per heavy atom. The lowest BCUT2D eigenvalue weighted by Crippen LogP contribution is -2.41. The standard InChI is InChI=1S/C26H35N3O4/c1-19(2)13-28(26(30)18-33-4)16-22-15-27(14-21-9-11-23(12-10-21)29(31)32)17-25(22)24-8-6-5-7-20(24)3/h5-12,19,22,25H,13-18H2,1-4H3. The van der Waals surface area contributed by atoms with E-state index in [0.717, 1.165) is 25.2 Å². The van der Waals surface area contributed by atoms with Gasteiger partial charge in [0.2, 0.25) is 5.91 Å². The molecule has 3 rings (SSSR count). The van der Waals surface area contributed by atoms with E-state index in [-0.39, 0.29) is 23.1 Å². The monoisotopic (exact) mass is 453 g/mol. The maximum Gasteiger partial charge on any atom is 0.269 e. The number of nitrogens with zero attached hydrogens (tertiary/aromatic N) is 3. The quantitative estimate of drug-likeness (QED) is 0.397. The van der Waals surface area contributed by atoms with Crippen molar-refractivity contribution in [3.05, 3.63) is 75.3 Å². The molecule has 1 aliphatic heterocycles. The number of nitro groups is 1. The minimum atomic E-state index is -0.371. The van der Waals surface area contributed by atoms with Crippen molar-refractivity contribution in [1.82, 2.24) is 9.80 Å². The van der Waals surface area contributed by atoms with Gasteiger partial charge >= 0.3 is 0 Å². The molecule has 0 aromatic heterocycles. The molecule has 1 aliphatic rings. The molecule has 178 valence electrons. The molecule has 1 amide bonds. The maximum atomic E-state index is 12.8. The second-order valence-electron chi connectivity index (χ2n) is 9.47. The van der Waals surface area contributed by atoms with Crippen LogP contribution in [-0.2, 0) is 16.1 Å². The first-order chi connectivity index (χ1) is 15.8. The number of methoxy groups -OCH3 is 1. The molecule has 2 unspecified atom stereocenters. The van der Waals surface area contributed by atoms with Crippen molar-refractivity contribution in [2.75, 3.05) is 39.9 Å². The smallest absolute Gasteiger partial charge is 0.269 e. The average molecular weight is 454 g/mol. The Bertz CT molecular complexity index is 945. The van der Waals surface area contributed by atoms with Crippen LogP contribution in [0.5, 0.6) is 0 Å². The second kappa shape index (κ2) is 11.4. The fourth-order valence-corrected chi connectivity index (χ4v) is 4.83. The first-order valence-electron chi connectivity index (χ1n) is 11.6. The number of amides is 1. The van der Waals surface area contributed by atoms with Gasteiger partial charge in [-0.15, -0.1) is 0 Å². The fourth-order valence-electron chi connectivity index (χ4n) is 4.83. The van der Waals surface area contributed by atoms with Crippen LogP contribution in [0, 0.1) is 28.9 Å². The van der Waals surface area contributed by atoms with Crippen molar-refractivity contribution in [2.24, 2.45) is 11.8 Å². The number of hydrogen-bond acceptors (Lipinski definition) is 5. The summed E-state index contributed by atoms with van der Waals surface area (Å²) in [5, 5.41) is 11.0. The van der Waals surface area contributed by atoms with Crippen LogP contribution in [0.3, 0.4) is 0 Å². The van der Waals surface area contributed by atoms with Crippen LogP contribution in [0.25, 0.3) is 0 Å². The number of aryl methyl sites for hydroxylation is 1. The molecule has 1 saturated heterocycles. The number of non-ortho nitro benzene ring substituents is 1. The van der Waals surface area contributed by atoms with Crippen LogP contribution in [0.4, 0.5) is 5.69 Å². The normalized spacial score (nSPS) is 18.6. The van der Waals surface area contributed by atoms with Gasteiger partial charge in [-0.25, -0.2) is 0 Å². The average Bonchev–Trinajstić information content (AvgIpc) is 3.15. The lowest BCUT2D eigenvalue weighted by atomic mass is 9.86. The van der Waals surface area contributed by atoms with Crippen LogP contribution in [-0.4, -0.2) is 60.5 Å². The Kier molecular flexibility index (Phi) is 8.58. The van der Waals surface area contributed by atoms with Crippen molar-refractivity contribution in [1.29, 1.82) is 0 Å². The molecule has 7 nitrogen and oxygen atoms in total. The van der Waals surface area contributed by atoms with Gasteiger partial charge < -0.3 is 9.64 Å². The van der Waals surface area contributed by atoms with E-state index in [1.165, 1.54) is 11.1 Å². The minimum Gasteiger partial charge on any atom is -0.375 e. The van der Waals surface area contributed by atoms with Gasteiger partial charge in [0, 0.05) is 57.9 Å². The molecule has 0 saturated carbocycles. The third kappa shape index (κ3) is 6.62. The molecule has 2 atom stereocenters. The van der Waals surface area contributed by atoms with Crippen molar-refractivity contribution < 1.29 is 14.5 Å². The molecule has 33 heavy (non-hydrogen) atoms. The van der Waals surface area contributed by atoms with E-state index in [2.05, 4.69) is 49.9 Å². The molecular formula is C26H35N3O4. The van der Waals surface area contributed by atoms with Gasteiger partial charge in [-0.05, 0) is 35.4 Å². The molecule has 7 heteroatoms. The van der Waals surface area contributed by atoms with E-state index in [0.29, 0.717) is 30.8 Å². The van der Waals surface area contributed by atoms with Gasteiger partial charge in [0.1, 0.15) is 6.61 Å². The van der Waals surface area contributed by atoms with Crippen molar-refractivity contribution in [2.45, 2.75) is 33.2 Å². The number of nitro benzene ring substituents is 1. The molecule has 2 aromatic carbocycles. The van der Waals surface area contributed by atoms with E-state index in [9.17, 15) is 14.9 Å². The molecule has 0 spiro atoms. The van der Waals surface area contributed by atoms with Gasteiger partial charge in [-0.3, -0.25) is 19.8 Å². The summed E-state index contributed by atoms with van der Waals surface area (Å²) in [5.41, 5.74) is 3.76. The highest BCUT2D eigenvalue weighted by Crippen LogP contribution is 2.36. The van der Waals surface area contributed by atoms with Crippen LogP contribution < -0.4 is 0 Å². The summed E-state index contributed by atoms with van der Waals surface area (Å²) in [6, 6.07) is 15.3. The molecule has 0 aliphatic carbocycles. The van der Waals surface area contributed by atoms with Crippen LogP contribution in [0.2, 0.25) is 0 Å². The van der Waals surface area contributed by atoms with E-state index >= 15 is 0 Å². The SMILES string of the molecule is COCC(=O)N(CC(C)C)CC1CN(Cc2ccc([N+](=O)[O-])cc2)CC1c1ccccc1C. The Labute approximate surface area is 196 Å². The number of carbonyl (C=O) groups is 1. The summed E-state index contributed by atoms with van der Waals surface area (Å²) < 4.78 is 5.14. The van der Waals surface area contributed by atoms with Crippen molar-refractivity contribution >= 4 is 11.6 Å². The lowest BCUT2D eigenvalue weighted by Gasteiger charge is -2.30. The number of ether oxygens (including phenoxy) is 1. The minimum absolute atomic E-state index is 0.0311. The number of benzene rings is 2. The van der Waals surface area contributed by atoms with E-state index in [4.69, 9.17) is 4.74 Å². The molecular weight excluding hydrogens is 418 g/mol. The largest absolute Gasteiger partial charge is 0.375 e. The third-order valence-electron chi connectivity index (χ3n) is 6.32. The highest BCUT2D eigenvalue weighted by molar-refractivity contribution is 5.77. The predicted octanol–water partition coefficient (Wildman–Crippen LogP) is 4.25. The summed E-state index contributed by atoms with van der Waals surface area (Å²) >= 11 is 0. The summed E-state index contributed by atoms with van der Waals surface area (Å²) in [4.78, 5) is 27.7. The Morgan fingerprint density at radius 3 is 2.48 bits per heavy atom. The molecule has 1 fully saturated rings. The van der Waals surface area contributed by atoms with Crippen LogP contribution >= 0.6 is 0 Å². The summed E-state index contributed by atoms with van der Waals surface area (Å²) in [6.45, 7) is 10.4. The first kappa shape index (κ1) is 24.9. The lowest BCUT2D eigenvalue weighted by molar-refractivity contribution is -0.384. The fraction of sp³-hybridized carbons (Fsp3) is 0.500. The second-order valence-corrected chi connectivity index (χ2v) is 9.47. The number of rotatable bonds is 10. The highest BCUT2D eigenvalue weighted by Gasteiger charge is 2.36. The van der Waals surface area contributed by atoms with Crippen molar-refractivity contribution in [3.8, 4) is 0 Å². The summed E-state index contributed by atoms with van der Waals surface area (Å²) in [5.74, 6) is 1.02. The molecule has 0 N–H and O–H groups in total. The number of hydrogen-bond donors (Lipinski definition) is 0. The molecule has 2 aromatic rings. The summed E-state index contributed by atoms with van der Waals surface area (Å²) in [7, 11) is 1.56. The number of likely N-dealkylation sites (tertiary alicyclic amines) is 1. The van der Waals surface area contributed by atoms with Gasteiger partial charge in [0.25, 0.3) is 5.69 Å². The topological polar surface area (TPSA) is 75.9 Å². The zero-order chi connectivity index (χ0) is 24.0. The zero-order valence-corrected chi connectivity index (χ0v) is 20.1. The number of carbonyl (C=O) groups excluding carboxylic acids is 1. The Hall–Kier alpha value is -2.77. The van der Waals surface area contributed by atoms with E-state index in [1.54, 1.807) is 19.2 Å². The highest BCUT2D eigenvalue weighted by atomic mass is 16.6. The summed E-state index contributed by atoms with van der Waals surface area (Å²) in [6.07, 6.45) is 0.